The predicted octanol–water partition coefficient (Wildman–Crippen LogP) is 2.42. The molecule has 0 fully saturated rings. The summed E-state index contributed by atoms with van der Waals surface area (Å²) in [6.45, 7) is 7.14. The first-order chi connectivity index (χ1) is 17.5. The number of nitrogens with two attached hydrogens (primary N) is 3. The number of amides is 2. The number of hydrogen-bond donors (Lipinski definition) is 5. The van der Waals surface area contributed by atoms with Gasteiger partial charge in [0, 0.05) is 12.3 Å². The minimum absolute atomic E-state index is 0.0104. The van der Waals surface area contributed by atoms with Crippen molar-refractivity contribution in [3.05, 3.63) is 29.8 Å². The monoisotopic (exact) mass is 539 g/mol. The molecular formula is C26H45N5O5S. The average molecular weight is 540 g/mol. The highest BCUT2D eigenvalue weighted by Crippen LogP contribution is 2.19. The molecule has 0 aliphatic heterocycles. The lowest BCUT2D eigenvalue weighted by molar-refractivity contribution is -0.122. The molecule has 0 heterocycles. The fraction of sp³-hybridized carbons (Fsp3) is 0.654. The zero-order chi connectivity index (χ0) is 27.7. The third-order valence-corrected chi connectivity index (χ3v) is 6.26. The Kier molecular flexibility index (Phi) is 15.9. The standard InChI is InChI=1S/C26H45N5O5S/c1-26(2,3)36-25(34)31-15-7-5-8-21(28)23(32)30-16-17-35-20-12-10-19(11-13-20)18-37-24(33)22(29)9-4-6-14-27/h10-13,21-22H,4-9,14-18,27-29H2,1-3H3,(H,30,32)(H,31,34)/t21-,22+/m1/s1. The Morgan fingerprint density at radius 2 is 1.57 bits per heavy atom. The molecule has 8 N–H and O–H groups in total. The Morgan fingerprint density at radius 3 is 2.22 bits per heavy atom. The minimum Gasteiger partial charge on any atom is -0.492 e. The van der Waals surface area contributed by atoms with Crippen LogP contribution in [0.25, 0.3) is 0 Å². The van der Waals surface area contributed by atoms with Gasteiger partial charge in [0.15, 0.2) is 0 Å². The first-order valence-corrected chi connectivity index (χ1v) is 13.8. The first-order valence-electron chi connectivity index (χ1n) is 12.9. The quantitative estimate of drug-likeness (QED) is 0.186. The minimum atomic E-state index is -0.616. The van der Waals surface area contributed by atoms with Gasteiger partial charge in [-0.25, -0.2) is 4.79 Å². The van der Waals surface area contributed by atoms with E-state index >= 15 is 0 Å². The van der Waals surface area contributed by atoms with Gasteiger partial charge in [-0.05, 0) is 77.1 Å². The Morgan fingerprint density at radius 1 is 0.919 bits per heavy atom. The lowest BCUT2D eigenvalue weighted by Crippen LogP contribution is -2.42. The summed E-state index contributed by atoms with van der Waals surface area (Å²) in [5.41, 5.74) is 17.8. The zero-order valence-electron chi connectivity index (χ0n) is 22.4. The van der Waals surface area contributed by atoms with Crippen LogP contribution >= 0.6 is 11.8 Å². The van der Waals surface area contributed by atoms with Crippen molar-refractivity contribution in [3.63, 3.8) is 0 Å². The fourth-order valence-corrected chi connectivity index (χ4v) is 4.00. The van der Waals surface area contributed by atoms with E-state index in [1.165, 1.54) is 11.8 Å². The van der Waals surface area contributed by atoms with Crippen LogP contribution in [0.2, 0.25) is 0 Å². The molecule has 0 aliphatic rings. The summed E-state index contributed by atoms with van der Waals surface area (Å²) >= 11 is 1.22. The Bertz CT molecular complexity index is 817. The van der Waals surface area contributed by atoms with E-state index in [4.69, 9.17) is 26.7 Å². The Balaban J connectivity index is 2.17. The van der Waals surface area contributed by atoms with E-state index in [0.29, 0.717) is 63.4 Å². The molecule has 0 aliphatic carbocycles. The molecule has 0 aromatic heterocycles. The molecule has 2 atom stereocenters. The molecule has 0 saturated carbocycles. The number of ether oxygens (including phenoxy) is 2. The smallest absolute Gasteiger partial charge is 0.407 e. The average Bonchev–Trinajstić information content (AvgIpc) is 2.84. The highest BCUT2D eigenvalue weighted by Gasteiger charge is 2.16. The van der Waals surface area contributed by atoms with Crippen molar-refractivity contribution in [2.24, 2.45) is 17.2 Å². The van der Waals surface area contributed by atoms with Crippen LogP contribution in [-0.2, 0) is 20.1 Å². The molecule has 210 valence electrons. The molecule has 0 radical (unpaired) electrons. The van der Waals surface area contributed by atoms with Gasteiger partial charge in [0.05, 0.1) is 18.6 Å². The second kappa shape index (κ2) is 18.0. The Hall–Kier alpha value is -2.34. The summed E-state index contributed by atoms with van der Waals surface area (Å²) in [6.07, 6.45) is 3.86. The predicted molar refractivity (Wildman–Crippen MR) is 148 cm³/mol. The van der Waals surface area contributed by atoms with Crippen molar-refractivity contribution in [2.45, 2.75) is 82.7 Å². The maximum absolute atomic E-state index is 12.2. The van der Waals surface area contributed by atoms with Crippen molar-refractivity contribution in [3.8, 4) is 5.75 Å². The van der Waals surface area contributed by atoms with Crippen molar-refractivity contribution in [2.75, 3.05) is 26.2 Å². The normalized spacial score (nSPS) is 12.9. The van der Waals surface area contributed by atoms with Crippen molar-refractivity contribution < 1.29 is 23.9 Å². The van der Waals surface area contributed by atoms with Crippen molar-refractivity contribution in [1.29, 1.82) is 0 Å². The molecule has 0 unspecified atom stereocenters. The third kappa shape index (κ3) is 16.2. The number of carbonyl (C=O) groups is 3. The van der Waals surface area contributed by atoms with Gasteiger partial charge in [-0.15, -0.1) is 0 Å². The number of carbonyl (C=O) groups excluding carboxylic acids is 3. The van der Waals surface area contributed by atoms with Crippen LogP contribution in [0.3, 0.4) is 0 Å². The number of benzene rings is 1. The highest BCUT2D eigenvalue weighted by atomic mass is 32.2. The second-order valence-corrected chi connectivity index (χ2v) is 10.8. The van der Waals surface area contributed by atoms with Crippen LogP contribution in [0.5, 0.6) is 5.75 Å². The molecule has 0 bridgehead atoms. The van der Waals surface area contributed by atoms with Crippen LogP contribution in [0.15, 0.2) is 24.3 Å². The van der Waals surface area contributed by atoms with E-state index in [9.17, 15) is 14.4 Å². The summed E-state index contributed by atoms with van der Waals surface area (Å²) in [5.74, 6) is 0.992. The van der Waals surface area contributed by atoms with Gasteiger partial charge in [0.2, 0.25) is 11.0 Å². The number of unbranched alkanes of at least 4 members (excludes halogenated alkanes) is 2. The first kappa shape index (κ1) is 32.7. The molecule has 1 aromatic rings. The summed E-state index contributed by atoms with van der Waals surface area (Å²) in [7, 11) is 0. The number of rotatable bonds is 17. The van der Waals surface area contributed by atoms with Gasteiger partial charge in [0.25, 0.3) is 0 Å². The fourth-order valence-electron chi connectivity index (χ4n) is 3.17. The molecule has 1 rings (SSSR count). The Labute approximate surface area is 225 Å². The number of thioether (sulfide) groups is 1. The summed E-state index contributed by atoms with van der Waals surface area (Å²) in [4.78, 5) is 35.9. The summed E-state index contributed by atoms with van der Waals surface area (Å²) < 4.78 is 10.8. The SMILES string of the molecule is CC(C)(C)OC(=O)NCCCC[C@@H](N)C(=O)NCCOc1ccc(CSC(=O)[C@@H](N)CCCCN)cc1. The van der Waals surface area contributed by atoms with E-state index in [-0.39, 0.29) is 11.0 Å². The van der Waals surface area contributed by atoms with E-state index < -0.39 is 23.8 Å². The van der Waals surface area contributed by atoms with Crippen LogP contribution in [-0.4, -0.2) is 61.0 Å². The van der Waals surface area contributed by atoms with Gasteiger partial charge < -0.3 is 37.3 Å². The highest BCUT2D eigenvalue weighted by molar-refractivity contribution is 8.13. The molecule has 2 amide bonds. The maximum atomic E-state index is 12.2. The van der Waals surface area contributed by atoms with Gasteiger partial charge >= 0.3 is 6.09 Å². The third-order valence-electron chi connectivity index (χ3n) is 5.19. The summed E-state index contributed by atoms with van der Waals surface area (Å²) in [5, 5.41) is 5.45. The maximum Gasteiger partial charge on any atom is 0.407 e. The van der Waals surface area contributed by atoms with Crippen LogP contribution in [0, 0.1) is 0 Å². The van der Waals surface area contributed by atoms with Crippen molar-refractivity contribution >= 4 is 28.9 Å². The van der Waals surface area contributed by atoms with Gasteiger partial charge in [-0.3, -0.25) is 9.59 Å². The largest absolute Gasteiger partial charge is 0.492 e. The van der Waals surface area contributed by atoms with E-state index in [2.05, 4.69) is 10.6 Å². The van der Waals surface area contributed by atoms with E-state index in [1.807, 2.05) is 24.3 Å². The van der Waals surface area contributed by atoms with E-state index in [1.54, 1.807) is 20.8 Å². The molecular weight excluding hydrogens is 494 g/mol. The van der Waals surface area contributed by atoms with E-state index in [0.717, 1.165) is 18.4 Å². The molecule has 11 heteroatoms. The molecule has 0 saturated heterocycles. The van der Waals surface area contributed by atoms with Gasteiger partial charge in [-0.1, -0.05) is 30.3 Å². The second-order valence-electron chi connectivity index (χ2n) is 9.81. The number of hydrogen-bond acceptors (Lipinski definition) is 9. The number of nitrogens with one attached hydrogen (secondary N) is 2. The molecule has 10 nitrogen and oxygen atoms in total. The van der Waals surface area contributed by atoms with Gasteiger partial charge in [0.1, 0.15) is 18.0 Å². The molecule has 37 heavy (non-hydrogen) atoms. The molecule has 0 spiro atoms. The van der Waals surface area contributed by atoms with Crippen LogP contribution in [0.4, 0.5) is 4.79 Å². The van der Waals surface area contributed by atoms with Crippen LogP contribution in [0.1, 0.15) is 64.9 Å². The lowest BCUT2D eigenvalue weighted by Gasteiger charge is -2.19. The molecule has 1 aromatic carbocycles. The number of alkyl carbamates (subject to hydrolysis) is 1. The van der Waals surface area contributed by atoms with Gasteiger partial charge in [-0.2, -0.15) is 0 Å². The zero-order valence-corrected chi connectivity index (χ0v) is 23.2. The van der Waals surface area contributed by atoms with Crippen LogP contribution < -0.4 is 32.6 Å². The topological polar surface area (TPSA) is 172 Å². The lowest BCUT2D eigenvalue weighted by atomic mass is 10.1. The van der Waals surface area contributed by atoms with Crippen molar-refractivity contribution in [1.82, 2.24) is 10.6 Å². The summed E-state index contributed by atoms with van der Waals surface area (Å²) in [6, 6.07) is 6.41.